The van der Waals surface area contributed by atoms with Crippen LogP contribution in [0.2, 0.25) is 0 Å². The molecule has 0 aromatic heterocycles. The van der Waals surface area contributed by atoms with Crippen molar-refractivity contribution < 1.29 is 8.42 Å². The second-order valence-electron chi connectivity index (χ2n) is 6.87. The highest BCUT2D eigenvalue weighted by Crippen LogP contribution is 2.48. The van der Waals surface area contributed by atoms with Gasteiger partial charge in [-0.25, -0.2) is 8.42 Å². The molecule has 25 heavy (non-hydrogen) atoms. The lowest BCUT2D eigenvalue weighted by Gasteiger charge is -2.20. The zero-order chi connectivity index (χ0) is 17.2. The van der Waals surface area contributed by atoms with Gasteiger partial charge in [0.1, 0.15) is 0 Å². The Kier molecular flexibility index (Phi) is 7.17. The van der Waals surface area contributed by atoms with Gasteiger partial charge in [0.2, 0.25) is 0 Å². The van der Waals surface area contributed by atoms with Crippen LogP contribution < -0.4 is 10.6 Å². The summed E-state index contributed by atoms with van der Waals surface area (Å²) in [6.45, 7) is 1.49. The fourth-order valence-electron chi connectivity index (χ4n) is 3.28. The van der Waals surface area contributed by atoms with E-state index in [1.54, 1.807) is 7.05 Å². The Morgan fingerprint density at radius 1 is 1.36 bits per heavy atom. The minimum atomic E-state index is -2.82. The molecule has 140 valence electrons. The summed E-state index contributed by atoms with van der Waals surface area (Å²) < 4.78 is 24.2. The number of sulfone groups is 1. The second-order valence-corrected chi connectivity index (χ2v) is 10.0. The molecule has 1 aromatic carbocycles. The molecule has 1 unspecified atom stereocenters. The number of rotatable bonds is 5. The maximum Gasteiger partial charge on any atom is 0.191 e. The van der Waals surface area contributed by atoms with Crippen molar-refractivity contribution in [1.29, 1.82) is 0 Å². The van der Waals surface area contributed by atoms with E-state index in [1.807, 2.05) is 6.07 Å². The molecule has 3 rings (SSSR count). The lowest BCUT2D eigenvalue weighted by molar-refractivity contribution is 0.562. The van der Waals surface area contributed by atoms with Crippen molar-refractivity contribution in [3.8, 4) is 0 Å². The number of hydrogen-bond acceptors (Lipinski definition) is 3. The normalized spacial score (nSPS) is 23.6. The summed E-state index contributed by atoms with van der Waals surface area (Å²) in [7, 11) is -1.07. The molecular formula is C17H25BrIN3O2S. The summed E-state index contributed by atoms with van der Waals surface area (Å²) in [6, 6.07) is 8.49. The second kappa shape index (κ2) is 8.56. The Balaban J connectivity index is 0.00000225. The topological polar surface area (TPSA) is 70.6 Å². The standard InChI is InChI=1S/C17H24BrN3O2S.HI/c1-19-16(20-10-13-5-8-24(22,23)11-13)21-12-17(6-7-17)14-3-2-4-15(18)9-14;/h2-4,9,13H,5-8,10-12H2,1H3,(H2,19,20,21);1H. The average Bonchev–Trinajstić information content (AvgIpc) is 3.26. The minimum Gasteiger partial charge on any atom is -0.356 e. The largest absolute Gasteiger partial charge is 0.356 e. The molecule has 0 bridgehead atoms. The van der Waals surface area contributed by atoms with Crippen molar-refractivity contribution in [3.05, 3.63) is 34.3 Å². The molecule has 2 fully saturated rings. The Morgan fingerprint density at radius 2 is 2.12 bits per heavy atom. The van der Waals surface area contributed by atoms with Gasteiger partial charge in [-0.05, 0) is 42.9 Å². The van der Waals surface area contributed by atoms with E-state index in [2.05, 4.69) is 49.8 Å². The molecule has 2 aliphatic rings. The van der Waals surface area contributed by atoms with Crippen molar-refractivity contribution >= 4 is 55.7 Å². The van der Waals surface area contributed by atoms with Gasteiger partial charge in [-0.1, -0.05) is 28.1 Å². The third-order valence-corrected chi connectivity index (χ3v) is 7.32. The quantitative estimate of drug-likeness (QED) is 0.341. The van der Waals surface area contributed by atoms with Crippen LogP contribution in [-0.4, -0.2) is 46.0 Å². The van der Waals surface area contributed by atoms with E-state index in [-0.39, 0.29) is 35.3 Å². The van der Waals surface area contributed by atoms with Crippen molar-refractivity contribution in [2.45, 2.75) is 24.7 Å². The van der Waals surface area contributed by atoms with Gasteiger partial charge in [0.15, 0.2) is 15.8 Å². The Bertz CT molecular complexity index is 735. The zero-order valence-corrected chi connectivity index (χ0v) is 19.0. The van der Waals surface area contributed by atoms with Crippen molar-refractivity contribution in [2.24, 2.45) is 10.9 Å². The number of benzene rings is 1. The minimum absolute atomic E-state index is 0. The highest BCUT2D eigenvalue weighted by atomic mass is 127. The molecule has 0 amide bonds. The van der Waals surface area contributed by atoms with Crippen LogP contribution in [-0.2, 0) is 15.3 Å². The van der Waals surface area contributed by atoms with E-state index >= 15 is 0 Å². The Labute approximate surface area is 175 Å². The highest BCUT2D eigenvalue weighted by Gasteiger charge is 2.44. The molecule has 1 heterocycles. The number of nitrogens with one attached hydrogen (secondary N) is 2. The number of guanidine groups is 1. The number of hydrogen-bond donors (Lipinski definition) is 2. The molecule has 2 N–H and O–H groups in total. The number of aliphatic imine (C=N–C) groups is 1. The molecule has 8 heteroatoms. The van der Waals surface area contributed by atoms with Crippen LogP contribution in [0.1, 0.15) is 24.8 Å². The van der Waals surface area contributed by atoms with E-state index in [0.29, 0.717) is 18.1 Å². The van der Waals surface area contributed by atoms with E-state index in [1.165, 1.54) is 18.4 Å². The molecule has 0 radical (unpaired) electrons. The van der Waals surface area contributed by atoms with Crippen LogP contribution in [0.25, 0.3) is 0 Å². The third kappa shape index (κ3) is 5.56. The highest BCUT2D eigenvalue weighted by molar-refractivity contribution is 14.0. The number of nitrogens with zero attached hydrogens (tertiary/aromatic N) is 1. The van der Waals surface area contributed by atoms with Gasteiger partial charge in [0.25, 0.3) is 0 Å². The third-order valence-electron chi connectivity index (χ3n) is 4.99. The Hall–Kier alpha value is -0.350. The van der Waals surface area contributed by atoms with Crippen LogP contribution in [0.5, 0.6) is 0 Å². The molecule has 1 aliphatic carbocycles. The van der Waals surface area contributed by atoms with Crippen molar-refractivity contribution in [3.63, 3.8) is 0 Å². The van der Waals surface area contributed by atoms with Crippen LogP contribution in [0.3, 0.4) is 0 Å². The summed E-state index contributed by atoms with van der Waals surface area (Å²) in [6.07, 6.45) is 3.09. The average molecular weight is 542 g/mol. The summed E-state index contributed by atoms with van der Waals surface area (Å²) >= 11 is 3.54. The maximum atomic E-state index is 11.5. The molecule has 1 saturated heterocycles. The van der Waals surface area contributed by atoms with E-state index in [9.17, 15) is 8.42 Å². The van der Waals surface area contributed by atoms with Crippen molar-refractivity contribution in [2.75, 3.05) is 31.6 Å². The SMILES string of the molecule is CN=C(NCC1CCS(=O)(=O)C1)NCC1(c2cccc(Br)c2)CC1.I. The molecule has 1 aliphatic heterocycles. The van der Waals surface area contributed by atoms with Crippen LogP contribution in [0, 0.1) is 5.92 Å². The van der Waals surface area contributed by atoms with Gasteiger partial charge in [-0.15, -0.1) is 24.0 Å². The summed E-state index contributed by atoms with van der Waals surface area (Å²) in [5, 5.41) is 6.69. The van der Waals surface area contributed by atoms with E-state index < -0.39 is 9.84 Å². The van der Waals surface area contributed by atoms with Gasteiger partial charge < -0.3 is 10.6 Å². The van der Waals surface area contributed by atoms with Gasteiger partial charge in [0, 0.05) is 30.0 Å². The van der Waals surface area contributed by atoms with Gasteiger partial charge in [-0.2, -0.15) is 0 Å². The molecule has 0 spiro atoms. The first-order valence-electron chi connectivity index (χ1n) is 8.33. The van der Waals surface area contributed by atoms with Crippen LogP contribution in [0.4, 0.5) is 0 Å². The lowest BCUT2D eigenvalue weighted by atomic mass is 9.96. The first-order valence-corrected chi connectivity index (χ1v) is 10.9. The summed E-state index contributed by atoms with van der Waals surface area (Å²) in [4.78, 5) is 4.26. The molecule has 1 aromatic rings. The number of halogens is 2. The predicted molar refractivity (Wildman–Crippen MR) is 117 cm³/mol. The van der Waals surface area contributed by atoms with Gasteiger partial charge in [-0.3, -0.25) is 4.99 Å². The smallest absolute Gasteiger partial charge is 0.191 e. The van der Waals surface area contributed by atoms with Crippen LogP contribution >= 0.6 is 39.9 Å². The molecule has 5 nitrogen and oxygen atoms in total. The van der Waals surface area contributed by atoms with E-state index in [4.69, 9.17) is 0 Å². The zero-order valence-electron chi connectivity index (χ0n) is 14.3. The first-order chi connectivity index (χ1) is 11.4. The summed E-state index contributed by atoms with van der Waals surface area (Å²) in [5.41, 5.74) is 1.54. The van der Waals surface area contributed by atoms with Gasteiger partial charge >= 0.3 is 0 Å². The first kappa shape index (κ1) is 21.0. The molecule has 1 atom stereocenters. The lowest BCUT2D eigenvalue weighted by Crippen LogP contribution is -2.43. The van der Waals surface area contributed by atoms with Gasteiger partial charge in [0.05, 0.1) is 11.5 Å². The molecule has 1 saturated carbocycles. The molecular weight excluding hydrogens is 517 g/mol. The van der Waals surface area contributed by atoms with Crippen LogP contribution in [0.15, 0.2) is 33.7 Å². The Morgan fingerprint density at radius 3 is 2.68 bits per heavy atom. The maximum absolute atomic E-state index is 11.5. The van der Waals surface area contributed by atoms with Crippen molar-refractivity contribution in [1.82, 2.24) is 10.6 Å². The monoisotopic (exact) mass is 541 g/mol. The predicted octanol–water partition coefficient (Wildman–Crippen LogP) is 2.70. The van der Waals surface area contributed by atoms with E-state index in [0.717, 1.165) is 23.4 Å². The fraction of sp³-hybridized carbons (Fsp3) is 0.588. The fourth-order valence-corrected chi connectivity index (χ4v) is 5.55. The summed E-state index contributed by atoms with van der Waals surface area (Å²) in [5.74, 6) is 1.55.